The van der Waals surface area contributed by atoms with Crippen LogP contribution in [0.1, 0.15) is 13.3 Å². The average Bonchev–Trinajstić information content (AvgIpc) is 3.30. The van der Waals surface area contributed by atoms with E-state index in [-0.39, 0.29) is 22.8 Å². The Kier molecular flexibility index (Phi) is 6.76. The lowest BCUT2D eigenvalue weighted by Gasteiger charge is -2.45. The molecule has 1 aromatic carbocycles. The minimum Gasteiger partial charge on any atom is -0.403 e. The lowest BCUT2D eigenvalue weighted by molar-refractivity contribution is 0.00884. The van der Waals surface area contributed by atoms with Gasteiger partial charge in [0, 0.05) is 50.4 Å². The number of nitrogens with one attached hydrogen (secondary N) is 1. The van der Waals surface area contributed by atoms with Crippen LogP contribution in [-0.4, -0.2) is 83.2 Å². The second kappa shape index (κ2) is 9.57. The van der Waals surface area contributed by atoms with Crippen molar-refractivity contribution in [1.82, 2.24) is 9.88 Å². The number of ether oxygens (including phenoxy) is 1. The Bertz CT molecular complexity index is 1220. The van der Waals surface area contributed by atoms with Gasteiger partial charge in [0.05, 0.1) is 41.3 Å². The molecule has 0 amide bonds. The van der Waals surface area contributed by atoms with Crippen LogP contribution in [0.5, 0.6) is 0 Å². The number of allylic oxidation sites excluding steroid dienone is 1. The van der Waals surface area contributed by atoms with Crippen molar-refractivity contribution < 1.29 is 18.6 Å². The Labute approximate surface area is 217 Å². The number of alkyl halides is 2. The molecule has 8 nitrogen and oxygen atoms in total. The fourth-order valence-corrected chi connectivity index (χ4v) is 5.24. The van der Waals surface area contributed by atoms with Gasteiger partial charge in [-0.3, -0.25) is 9.89 Å². The summed E-state index contributed by atoms with van der Waals surface area (Å²) in [7, 11) is 0. The molecule has 1 aromatic heterocycles. The Balaban J connectivity index is 1.32. The number of pyridine rings is 1. The van der Waals surface area contributed by atoms with Crippen molar-refractivity contribution in [3.63, 3.8) is 0 Å². The van der Waals surface area contributed by atoms with Crippen molar-refractivity contribution in [2.45, 2.75) is 37.0 Å². The molecule has 36 heavy (non-hydrogen) atoms. The predicted molar refractivity (Wildman–Crippen MR) is 138 cm³/mol. The summed E-state index contributed by atoms with van der Waals surface area (Å²) in [5, 5.41) is 15.6. The first-order valence-corrected chi connectivity index (χ1v) is 12.5. The van der Waals surface area contributed by atoms with Crippen LogP contribution in [0.3, 0.4) is 0 Å². The molecule has 5 rings (SSSR count). The van der Waals surface area contributed by atoms with Crippen LogP contribution in [0.2, 0.25) is 5.02 Å². The van der Waals surface area contributed by atoms with E-state index < -0.39 is 18.1 Å². The van der Waals surface area contributed by atoms with E-state index in [9.17, 15) is 13.9 Å². The molecule has 3 unspecified atom stereocenters. The molecule has 3 aliphatic rings. The van der Waals surface area contributed by atoms with Gasteiger partial charge in [-0.25, -0.2) is 13.8 Å². The quantitative estimate of drug-likeness (QED) is 0.482. The van der Waals surface area contributed by atoms with Gasteiger partial charge in [0.15, 0.2) is 0 Å². The van der Waals surface area contributed by atoms with Crippen LogP contribution in [0, 0.1) is 0 Å². The summed E-state index contributed by atoms with van der Waals surface area (Å²) in [5.74, 6) is -2.37. The zero-order chi connectivity index (χ0) is 25.7. The largest absolute Gasteiger partial charge is 0.403 e. The van der Waals surface area contributed by atoms with E-state index in [4.69, 9.17) is 33.7 Å². The van der Waals surface area contributed by atoms with Crippen molar-refractivity contribution in [3.8, 4) is 0 Å². The van der Waals surface area contributed by atoms with Gasteiger partial charge in [-0.1, -0.05) is 23.2 Å². The van der Waals surface area contributed by atoms with Crippen molar-refractivity contribution >= 4 is 50.7 Å². The van der Waals surface area contributed by atoms with Gasteiger partial charge in [-0.2, -0.15) is 0 Å². The number of fused-ring (bicyclic) bond motifs is 1. The van der Waals surface area contributed by atoms with E-state index in [1.54, 1.807) is 6.20 Å². The third-order valence-corrected chi connectivity index (χ3v) is 7.84. The Morgan fingerprint density at radius 1 is 1.28 bits per heavy atom. The minimum absolute atomic E-state index is 0.122. The molecule has 2 aliphatic heterocycles. The molecular formula is C24H28Cl2F2N6O2. The summed E-state index contributed by atoms with van der Waals surface area (Å²) in [6, 6.07) is 4.57. The first-order valence-electron chi connectivity index (χ1n) is 11.8. The summed E-state index contributed by atoms with van der Waals surface area (Å²) in [6.07, 6.45) is 2.03. The smallest absolute Gasteiger partial charge is 0.272 e. The fraction of sp³-hybridized carbons (Fsp3) is 0.500. The van der Waals surface area contributed by atoms with Crippen molar-refractivity contribution in [3.05, 3.63) is 41.3 Å². The van der Waals surface area contributed by atoms with E-state index in [0.717, 1.165) is 42.6 Å². The second-order valence-corrected chi connectivity index (χ2v) is 10.5. The molecule has 3 fully saturated rings. The molecule has 194 valence electrons. The number of hydrogen-bond donors (Lipinski definition) is 3. The zero-order valence-electron chi connectivity index (χ0n) is 19.7. The average molecular weight is 541 g/mol. The molecule has 2 saturated heterocycles. The minimum atomic E-state index is -2.81. The number of benzene rings is 1. The number of aromatic nitrogens is 1. The van der Waals surface area contributed by atoms with E-state index in [2.05, 4.69) is 25.1 Å². The number of rotatable bonds is 6. The van der Waals surface area contributed by atoms with Crippen LogP contribution in [0.15, 0.2) is 41.3 Å². The van der Waals surface area contributed by atoms with Crippen LogP contribution in [0.25, 0.3) is 10.8 Å². The van der Waals surface area contributed by atoms with Gasteiger partial charge in [0.1, 0.15) is 17.0 Å². The topological polar surface area (TPSA) is 99.2 Å². The van der Waals surface area contributed by atoms with Crippen LogP contribution in [0.4, 0.5) is 20.3 Å². The highest BCUT2D eigenvalue weighted by molar-refractivity contribution is 6.69. The Hall–Kier alpha value is -2.24. The molecule has 4 N–H and O–H groups in total. The van der Waals surface area contributed by atoms with Gasteiger partial charge in [-0.05, 0) is 30.5 Å². The Morgan fingerprint density at radius 2 is 2.00 bits per heavy atom. The maximum atomic E-state index is 13.2. The number of aliphatic imine (C=N–C) groups is 1. The van der Waals surface area contributed by atoms with E-state index in [1.807, 2.05) is 25.1 Å². The van der Waals surface area contributed by atoms with Gasteiger partial charge in [0.2, 0.25) is 0 Å². The van der Waals surface area contributed by atoms with Gasteiger partial charge in [0.25, 0.3) is 5.92 Å². The highest BCUT2D eigenvalue weighted by Crippen LogP contribution is 2.45. The second-order valence-electron chi connectivity index (χ2n) is 9.69. The fourth-order valence-electron chi connectivity index (χ4n) is 4.72. The third-order valence-electron chi connectivity index (χ3n) is 7.23. The molecule has 0 radical (unpaired) electrons. The van der Waals surface area contributed by atoms with Gasteiger partial charge >= 0.3 is 0 Å². The van der Waals surface area contributed by atoms with E-state index in [1.165, 1.54) is 6.20 Å². The maximum absolute atomic E-state index is 13.2. The molecule has 0 bridgehead atoms. The summed E-state index contributed by atoms with van der Waals surface area (Å²) in [4.78, 5) is 12.7. The number of aliphatic hydroxyl groups excluding tert-OH is 1. The molecule has 1 aliphatic carbocycles. The number of nitrogens with two attached hydrogens (primary N) is 1. The van der Waals surface area contributed by atoms with Crippen molar-refractivity contribution in [1.29, 1.82) is 0 Å². The number of nitrogens with zero attached hydrogens (tertiary/aromatic N) is 4. The third kappa shape index (κ3) is 4.84. The first-order chi connectivity index (χ1) is 17.1. The molecule has 12 heteroatoms. The molecule has 0 spiro atoms. The maximum Gasteiger partial charge on any atom is 0.272 e. The number of halogens is 4. The van der Waals surface area contributed by atoms with Gasteiger partial charge in [-0.15, -0.1) is 0 Å². The zero-order valence-corrected chi connectivity index (χ0v) is 21.2. The summed E-state index contributed by atoms with van der Waals surface area (Å²) < 4.78 is 31.9. The molecule has 2 aromatic rings. The van der Waals surface area contributed by atoms with E-state index >= 15 is 0 Å². The first kappa shape index (κ1) is 25.4. The highest BCUT2D eigenvalue weighted by atomic mass is 35.5. The van der Waals surface area contributed by atoms with E-state index in [0.29, 0.717) is 24.1 Å². The number of hydrogen-bond acceptors (Lipinski definition) is 8. The number of anilines is 2. The monoisotopic (exact) mass is 540 g/mol. The molecular weight excluding hydrogens is 513 g/mol. The van der Waals surface area contributed by atoms with Gasteiger partial charge < -0.3 is 25.8 Å². The lowest BCUT2D eigenvalue weighted by atomic mass is 9.95. The number of aliphatic hydroxyl groups is 1. The molecule has 3 atom stereocenters. The SMILES string of the molecule is CC1(N2CCN(c3cc4cc(N/C(=C/N)C(Cl)=NC5CC5(F)F)ncc4cc3Cl)CC2)COCC1O. The van der Waals surface area contributed by atoms with Crippen molar-refractivity contribution in [2.24, 2.45) is 10.7 Å². The highest BCUT2D eigenvalue weighted by Gasteiger charge is 2.57. The normalized spacial score (nSPS) is 29.1. The molecule has 3 heterocycles. The Morgan fingerprint density at radius 3 is 2.61 bits per heavy atom. The van der Waals surface area contributed by atoms with Crippen LogP contribution < -0.4 is 16.0 Å². The van der Waals surface area contributed by atoms with Crippen molar-refractivity contribution in [2.75, 3.05) is 49.6 Å². The van der Waals surface area contributed by atoms with Crippen LogP contribution >= 0.6 is 23.2 Å². The van der Waals surface area contributed by atoms with Crippen LogP contribution in [-0.2, 0) is 4.74 Å². The molecule has 1 saturated carbocycles. The summed E-state index contributed by atoms with van der Waals surface area (Å²) in [6.45, 7) is 5.98. The lowest BCUT2D eigenvalue weighted by Crippen LogP contribution is -2.60. The number of piperazine rings is 1. The summed E-state index contributed by atoms with van der Waals surface area (Å²) in [5.41, 5.74) is 6.38. The summed E-state index contributed by atoms with van der Waals surface area (Å²) >= 11 is 12.8. The predicted octanol–water partition coefficient (Wildman–Crippen LogP) is 3.42. The standard InChI is InChI=1S/C24H28Cl2F2N6O2/c1-23(13-36-12-20(23)35)34-4-2-33(3-5-34)18-7-14-8-21(30-11-15(14)6-16(18)25)31-17(10-29)22(26)32-19-9-24(19,27)28/h6-8,10-11,19-20,35H,2-5,9,12-13,29H2,1H3,(H,30,31)/b17-10+,32-22?.